The van der Waals surface area contributed by atoms with Crippen LogP contribution in [0.2, 0.25) is 0 Å². The van der Waals surface area contributed by atoms with Crippen LogP contribution in [0, 0.1) is 5.92 Å². The number of amides is 1. The number of carbonyl (C=O) groups excluding carboxylic acids is 3. The fraction of sp³-hybridized carbons (Fsp3) is 0.393. The van der Waals surface area contributed by atoms with Crippen molar-refractivity contribution >= 4 is 39.8 Å². The molecule has 0 radical (unpaired) electrons. The first-order valence-corrected chi connectivity index (χ1v) is 13.3. The Kier molecular flexibility index (Phi) is 7.15. The molecule has 0 N–H and O–H groups in total. The molecular formula is C28H29N3O5S. The second-order valence-corrected chi connectivity index (χ2v) is 10.3. The van der Waals surface area contributed by atoms with Crippen LogP contribution in [0.3, 0.4) is 0 Å². The van der Waals surface area contributed by atoms with Gasteiger partial charge < -0.3 is 9.47 Å². The van der Waals surface area contributed by atoms with Crippen LogP contribution in [-0.2, 0) is 29.4 Å². The molecule has 9 heteroatoms. The summed E-state index contributed by atoms with van der Waals surface area (Å²) in [7, 11) is 2.52. The molecule has 2 heterocycles. The third-order valence-electron chi connectivity index (χ3n) is 7.22. The number of esters is 2. The molecule has 0 bridgehead atoms. The van der Waals surface area contributed by atoms with Gasteiger partial charge in [0, 0.05) is 0 Å². The van der Waals surface area contributed by atoms with E-state index in [1.54, 1.807) is 0 Å². The molecule has 8 nitrogen and oxygen atoms in total. The minimum Gasteiger partial charge on any atom is -0.468 e. The number of rotatable bonds is 5. The number of fused-ring (bicyclic) bond motifs is 1. The Hall–Kier alpha value is -3.46. The highest BCUT2D eigenvalue weighted by atomic mass is 32.2. The molecule has 1 aliphatic carbocycles. The van der Waals surface area contributed by atoms with E-state index in [1.165, 1.54) is 30.9 Å². The number of amidine groups is 1. The van der Waals surface area contributed by atoms with Crippen LogP contribution in [0.15, 0.2) is 70.6 Å². The second kappa shape index (κ2) is 10.5. The maximum Gasteiger partial charge on any atom is 0.330 e. The minimum atomic E-state index is -1.42. The lowest BCUT2D eigenvalue weighted by Gasteiger charge is -2.37. The van der Waals surface area contributed by atoms with Crippen molar-refractivity contribution in [2.45, 2.75) is 49.7 Å². The monoisotopic (exact) mass is 519 g/mol. The standard InChI is InChI=1S/C28H29N3O5S/c1-35-24(32)21-22(25(33)36-2)31-26(34)28(18-12-6-3-7-13-18,19-14-8-4-9-15-19)30-27(31)37-23(21)29-20-16-10-5-11-17-20/h3-4,6-9,12-15,20-22H,5,10-11,16-17H2,1-2H3/t21-,22-/m0/s1. The summed E-state index contributed by atoms with van der Waals surface area (Å²) in [5.41, 5.74) is -0.0895. The molecule has 0 unspecified atom stereocenters. The molecule has 1 saturated carbocycles. The molecule has 0 spiro atoms. The number of thioether (sulfide) groups is 1. The smallest absolute Gasteiger partial charge is 0.330 e. The highest BCUT2D eigenvalue weighted by Gasteiger charge is 2.60. The van der Waals surface area contributed by atoms with E-state index in [0.29, 0.717) is 21.3 Å². The van der Waals surface area contributed by atoms with Gasteiger partial charge in [0.2, 0.25) is 0 Å². The molecule has 0 aromatic heterocycles. The molecular weight excluding hydrogens is 490 g/mol. The lowest BCUT2D eigenvalue weighted by molar-refractivity contribution is -0.157. The lowest BCUT2D eigenvalue weighted by Crippen LogP contribution is -2.59. The van der Waals surface area contributed by atoms with Crippen molar-refractivity contribution in [2.24, 2.45) is 15.9 Å². The van der Waals surface area contributed by atoms with Crippen molar-refractivity contribution in [1.29, 1.82) is 0 Å². The average Bonchev–Trinajstić information content (AvgIpc) is 3.25. The molecule has 3 aliphatic rings. The highest BCUT2D eigenvalue weighted by molar-refractivity contribution is 8.26. The van der Waals surface area contributed by atoms with Crippen LogP contribution < -0.4 is 0 Å². The number of hydrogen-bond acceptors (Lipinski definition) is 8. The van der Waals surface area contributed by atoms with Gasteiger partial charge in [0.25, 0.3) is 5.91 Å². The second-order valence-electron chi connectivity index (χ2n) is 9.34. The Bertz CT molecular complexity index is 1200. The van der Waals surface area contributed by atoms with Crippen LogP contribution in [0.4, 0.5) is 0 Å². The van der Waals surface area contributed by atoms with Gasteiger partial charge in [-0.1, -0.05) is 79.9 Å². The first-order chi connectivity index (χ1) is 18.0. The van der Waals surface area contributed by atoms with Gasteiger partial charge >= 0.3 is 11.9 Å². The third kappa shape index (κ3) is 4.35. The van der Waals surface area contributed by atoms with Crippen LogP contribution in [-0.4, -0.2) is 59.3 Å². The Balaban J connectivity index is 1.70. The summed E-state index contributed by atoms with van der Waals surface area (Å²) in [4.78, 5) is 52.1. The van der Waals surface area contributed by atoms with Gasteiger partial charge in [0.1, 0.15) is 5.92 Å². The van der Waals surface area contributed by atoms with E-state index in [1.807, 2.05) is 60.7 Å². The minimum absolute atomic E-state index is 0.0407. The summed E-state index contributed by atoms with van der Waals surface area (Å²) in [6.45, 7) is 0. The number of nitrogens with zero attached hydrogens (tertiary/aromatic N) is 3. The van der Waals surface area contributed by atoms with Gasteiger partial charge in [-0.3, -0.25) is 19.5 Å². The summed E-state index contributed by atoms with van der Waals surface area (Å²) >= 11 is 1.17. The fourth-order valence-electron chi connectivity index (χ4n) is 5.38. The van der Waals surface area contributed by atoms with Gasteiger partial charge in [0.05, 0.1) is 25.3 Å². The Morgan fingerprint density at radius 1 is 0.919 bits per heavy atom. The molecule has 2 atom stereocenters. The molecule has 1 amide bonds. The zero-order valence-corrected chi connectivity index (χ0v) is 21.6. The van der Waals surface area contributed by atoms with Gasteiger partial charge in [-0.25, -0.2) is 9.79 Å². The zero-order chi connectivity index (χ0) is 26.0. The molecule has 2 aromatic carbocycles. The van der Waals surface area contributed by atoms with E-state index in [0.717, 1.165) is 32.1 Å². The summed E-state index contributed by atoms with van der Waals surface area (Å²) in [5, 5.41) is 0.761. The van der Waals surface area contributed by atoms with E-state index in [4.69, 9.17) is 19.5 Å². The lowest BCUT2D eigenvalue weighted by atomic mass is 9.82. The van der Waals surface area contributed by atoms with Crippen molar-refractivity contribution in [3.05, 3.63) is 71.8 Å². The zero-order valence-electron chi connectivity index (χ0n) is 20.8. The van der Waals surface area contributed by atoms with E-state index in [2.05, 4.69) is 0 Å². The molecule has 2 fully saturated rings. The number of benzene rings is 2. The first kappa shape index (κ1) is 25.2. The maximum atomic E-state index is 14.4. The van der Waals surface area contributed by atoms with Crippen LogP contribution >= 0.6 is 11.8 Å². The summed E-state index contributed by atoms with van der Waals surface area (Å²) in [6.07, 6.45) is 5.10. The maximum absolute atomic E-state index is 14.4. The third-order valence-corrected chi connectivity index (χ3v) is 8.26. The van der Waals surface area contributed by atoms with Crippen molar-refractivity contribution in [1.82, 2.24) is 4.90 Å². The number of carbonyl (C=O) groups is 3. The summed E-state index contributed by atoms with van der Waals surface area (Å²) in [6, 6.07) is 17.3. The van der Waals surface area contributed by atoms with E-state index in [-0.39, 0.29) is 6.04 Å². The molecule has 5 rings (SSSR count). The predicted molar refractivity (Wildman–Crippen MR) is 141 cm³/mol. The fourth-order valence-corrected chi connectivity index (χ4v) is 6.60. The molecule has 2 aliphatic heterocycles. The van der Waals surface area contributed by atoms with Crippen molar-refractivity contribution in [2.75, 3.05) is 14.2 Å². The predicted octanol–water partition coefficient (Wildman–Crippen LogP) is 3.94. The molecule has 37 heavy (non-hydrogen) atoms. The van der Waals surface area contributed by atoms with Crippen LogP contribution in [0.5, 0.6) is 0 Å². The SMILES string of the molecule is COC(=O)[C@@H]1C(=NC2CCCCC2)SC2=NC(c3ccccc3)(c3ccccc3)C(=O)N2[C@@H]1C(=O)OC. The number of ether oxygens (including phenoxy) is 2. The first-order valence-electron chi connectivity index (χ1n) is 12.5. The van der Waals surface area contributed by atoms with E-state index in [9.17, 15) is 14.4 Å². The average molecular weight is 520 g/mol. The Morgan fingerprint density at radius 3 is 2.03 bits per heavy atom. The largest absolute Gasteiger partial charge is 0.468 e. The topological polar surface area (TPSA) is 97.6 Å². The van der Waals surface area contributed by atoms with E-state index < -0.39 is 35.3 Å². The number of aliphatic imine (C=N–C) groups is 2. The number of hydrogen-bond donors (Lipinski definition) is 0. The molecule has 192 valence electrons. The molecule has 2 aromatic rings. The van der Waals surface area contributed by atoms with Crippen molar-refractivity contribution in [3.8, 4) is 0 Å². The van der Waals surface area contributed by atoms with Gasteiger partial charge in [0.15, 0.2) is 16.7 Å². The number of methoxy groups -OCH3 is 2. The summed E-state index contributed by atoms with van der Waals surface area (Å²) in [5.74, 6) is -2.88. The quantitative estimate of drug-likeness (QED) is 0.555. The Morgan fingerprint density at radius 2 is 1.49 bits per heavy atom. The van der Waals surface area contributed by atoms with Gasteiger partial charge in [-0.15, -0.1) is 0 Å². The van der Waals surface area contributed by atoms with Gasteiger partial charge in [-0.2, -0.15) is 0 Å². The van der Waals surface area contributed by atoms with Crippen LogP contribution in [0.1, 0.15) is 43.2 Å². The van der Waals surface area contributed by atoms with Crippen molar-refractivity contribution < 1.29 is 23.9 Å². The molecule has 1 saturated heterocycles. The van der Waals surface area contributed by atoms with Crippen LogP contribution in [0.25, 0.3) is 0 Å². The highest BCUT2D eigenvalue weighted by Crippen LogP contribution is 2.47. The van der Waals surface area contributed by atoms with Gasteiger partial charge in [-0.05, 0) is 35.7 Å². The van der Waals surface area contributed by atoms with Crippen molar-refractivity contribution in [3.63, 3.8) is 0 Å². The summed E-state index contributed by atoms with van der Waals surface area (Å²) < 4.78 is 10.2. The normalized spacial score (nSPS) is 24.4. The van der Waals surface area contributed by atoms with E-state index >= 15 is 0 Å². The Labute approximate surface area is 220 Å².